The van der Waals surface area contributed by atoms with E-state index in [1.54, 1.807) is 28.1 Å². The van der Waals surface area contributed by atoms with Crippen LogP contribution in [0.3, 0.4) is 0 Å². The van der Waals surface area contributed by atoms with Crippen molar-refractivity contribution in [2.45, 2.75) is 6.92 Å². The maximum Gasteiger partial charge on any atom is 0.169 e. The molecule has 0 aliphatic carbocycles. The topological polar surface area (TPSA) is 114 Å². The van der Waals surface area contributed by atoms with Crippen molar-refractivity contribution in [2.24, 2.45) is 0 Å². The molecule has 19 heavy (non-hydrogen) atoms. The van der Waals surface area contributed by atoms with Crippen LogP contribution in [0.15, 0.2) is 0 Å². The molecule has 0 rings (SSSR count). The van der Waals surface area contributed by atoms with E-state index < -0.39 is 32.0 Å². The molecule has 0 bridgehead atoms. The number of nitrogens with zero attached hydrogens (tertiary/aromatic N) is 2. The molecule has 0 aromatic heterocycles. The first kappa shape index (κ1) is 18.7. The Hall–Kier alpha value is -0.260. The van der Waals surface area contributed by atoms with Gasteiger partial charge in [-0.3, -0.25) is 0 Å². The summed E-state index contributed by atoms with van der Waals surface area (Å²) in [5.74, 6) is -1.12. The van der Waals surface area contributed by atoms with Crippen LogP contribution in [0.4, 0.5) is 0 Å². The van der Waals surface area contributed by atoms with Crippen molar-refractivity contribution >= 4 is 20.2 Å². The van der Waals surface area contributed by atoms with Crippen molar-refractivity contribution in [3.05, 3.63) is 0 Å². The van der Waals surface area contributed by atoms with Gasteiger partial charge in [-0.1, -0.05) is 0 Å². The van der Waals surface area contributed by atoms with Crippen LogP contribution in [0.25, 0.3) is 0 Å². The van der Waals surface area contributed by atoms with Crippen LogP contribution in [0.5, 0.6) is 0 Å². The molecule has 0 saturated carbocycles. The summed E-state index contributed by atoms with van der Waals surface area (Å²) >= 11 is 0. The number of likely N-dealkylation sites (N-methyl/N-ethyl adjacent to an activating group) is 2. The molecular formula is C9H22N2O6S2. The third-order valence-electron chi connectivity index (χ3n) is 2.99. The lowest BCUT2D eigenvalue weighted by Crippen LogP contribution is -2.55. The largest absolute Gasteiger partial charge is 0.744 e. The number of hydrogen-bond donors (Lipinski definition) is 0. The highest BCUT2D eigenvalue weighted by atomic mass is 32.2. The summed E-state index contributed by atoms with van der Waals surface area (Å²) in [5.41, 5.74) is 0. The van der Waals surface area contributed by atoms with E-state index in [9.17, 15) is 25.9 Å². The molecule has 10 heteroatoms. The highest BCUT2D eigenvalue weighted by molar-refractivity contribution is 7.85. The summed E-state index contributed by atoms with van der Waals surface area (Å²) < 4.78 is 64.7. The van der Waals surface area contributed by atoms with Crippen LogP contribution in [-0.4, -0.2) is 87.4 Å². The van der Waals surface area contributed by atoms with Crippen molar-refractivity contribution in [1.29, 1.82) is 0 Å². The molecule has 8 nitrogen and oxygen atoms in total. The molecule has 0 heterocycles. The fourth-order valence-corrected chi connectivity index (χ4v) is 3.76. The van der Waals surface area contributed by atoms with Gasteiger partial charge in [-0.25, -0.2) is 16.8 Å². The Bertz CT molecular complexity index is 499. The van der Waals surface area contributed by atoms with E-state index in [0.29, 0.717) is 13.1 Å². The highest BCUT2D eigenvalue weighted by Crippen LogP contribution is 2.08. The Labute approximate surface area is 115 Å². The molecule has 0 N–H and O–H groups in total. The van der Waals surface area contributed by atoms with E-state index >= 15 is 0 Å². The lowest BCUT2D eigenvalue weighted by molar-refractivity contribution is -0.944. The maximum atomic E-state index is 10.8. The highest BCUT2D eigenvalue weighted by Gasteiger charge is 2.28. The number of quaternary nitrogens is 2. The van der Waals surface area contributed by atoms with Crippen LogP contribution in [0, 0.1) is 0 Å². The normalized spacial score (nSPS) is 17.2. The molecule has 1 atom stereocenters. The van der Waals surface area contributed by atoms with Gasteiger partial charge in [0.15, 0.2) is 11.8 Å². The first-order chi connectivity index (χ1) is 8.18. The average molecular weight is 318 g/mol. The maximum absolute atomic E-state index is 10.8. The van der Waals surface area contributed by atoms with Gasteiger partial charge in [0.05, 0.1) is 27.7 Å². The Morgan fingerprint density at radius 1 is 0.842 bits per heavy atom. The van der Waals surface area contributed by atoms with Crippen LogP contribution in [0.1, 0.15) is 6.92 Å². The standard InChI is InChI=1S/C9H22N2O6S2/c1-5-11(4,9-19(15,16)17)7-6-10(2,3)8-18(12,13)14/h5-9H2,1-4H3. The Kier molecular flexibility index (Phi) is 5.94. The molecule has 0 amide bonds. The van der Waals surface area contributed by atoms with Gasteiger partial charge < -0.3 is 18.1 Å². The second kappa shape index (κ2) is 6.02. The Balaban J connectivity index is 4.75. The zero-order valence-corrected chi connectivity index (χ0v) is 13.3. The molecular weight excluding hydrogens is 296 g/mol. The fourth-order valence-electron chi connectivity index (χ4n) is 1.70. The second-order valence-electron chi connectivity index (χ2n) is 5.69. The molecule has 0 aromatic carbocycles. The number of hydrogen-bond acceptors (Lipinski definition) is 6. The van der Waals surface area contributed by atoms with E-state index in [4.69, 9.17) is 0 Å². The lowest BCUT2D eigenvalue weighted by atomic mass is 10.4. The summed E-state index contributed by atoms with van der Waals surface area (Å²) in [4.78, 5) is 0. The lowest BCUT2D eigenvalue weighted by Gasteiger charge is -2.38. The molecule has 0 fully saturated rings. The van der Waals surface area contributed by atoms with E-state index in [0.717, 1.165) is 0 Å². The molecule has 0 saturated heterocycles. The first-order valence-corrected chi connectivity index (χ1v) is 8.86. The first-order valence-electron chi connectivity index (χ1n) is 5.71. The minimum atomic E-state index is -4.36. The molecule has 116 valence electrons. The smallest absolute Gasteiger partial charge is 0.169 e. The van der Waals surface area contributed by atoms with Gasteiger partial charge in [-0.2, -0.15) is 0 Å². The summed E-state index contributed by atoms with van der Waals surface area (Å²) in [6.07, 6.45) is 0. The fraction of sp³-hybridized carbons (Fsp3) is 1.00. The van der Waals surface area contributed by atoms with E-state index in [-0.39, 0.29) is 15.5 Å². The second-order valence-corrected chi connectivity index (χ2v) is 8.44. The SMILES string of the molecule is CC[N+](C)(CC[N+](C)(C)CS(=O)(=O)[O-])CS(=O)(=O)[O-]. The van der Waals surface area contributed by atoms with E-state index in [1.165, 1.54) is 0 Å². The van der Waals surface area contributed by atoms with Gasteiger partial charge in [-0.05, 0) is 6.92 Å². The van der Waals surface area contributed by atoms with E-state index in [1.807, 2.05) is 0 Å². The van der Waals surface area contributed by atoms with Gasteiger partial charge in [0.25, 0.3) is 0 Å². The van der Waals surface area contributed by atoms with Crippen molar-refractivity contribution in [2.75, 3.05) is 52.5 Å². The van der Waals surface area contributed by atoms with Crippen molar-refractivity contribution in [3.63, 3.8) is 0 Å². The van der Waals surface area contributed by atoms with Gasteiger partial charge in [0.2, 0.25) is 0 Å². The van der Waals surface area contributed by atoms with Crippen LogP contribution >= 0.6 is 0 Å². The van der Waals surface area contributed by atoms with Gasteiger partial charge in [-0.15, -0.1) is 0 Å². The van der Waals surface area contributed by atoms with Gasteiger partial charge >= 0.3 is 0 Å². The van der Waals surface area contributed by atoms with Crippen molar-refractivity contribution in [3.8, 4) is 0 Å². The predicted octanol–water partition coefficient (Wildman–Crippen LogP) is -1.47. The average Bonchev–Trinajstić information content (AvgIpc) is 2.09. The molecule has 0 aliphatic rings. The Morgan fingerprint density at radius 3 is 1.58 bits per heavy atom. The third kappa shape index (κ3) is 9.30. The summed E-state index contributed by atoms with van der Waals surface area (Å²) in [6, 6.07) is 0. The van der Waals surface area contributed by atoms with Crippen LogP contribution < -0.4 is 0 Å². The van der Waals surface area contributed by atoms with Gasteiger partial charge in [0, 0.05) is 0 Å². The van der Waals surface area contributed by atoms with E-state index in [2.05, 4.69) is 0 Å². The zero-order chi connectivity index (χ0) is 15.5. The summed E-state index contributed by atoms with van der Waals surface area (Å²) in [7, 11) is -3.96. The van der Waals surface area contributed by atoms with Gasteiger partial charge in [0.1, 0.15) is 33.3 Å². The summed E-state index contributed by atoms with van der Waals surface area (Å²) in [6.45, 7) is 2.74. The molecule has 0 aliphatic heterocycles. The minimum Gasteiger partial charge on any atom is -0.744 e. The van der Waals surface area contributed by atoms with Crippen molar-refractivity contribution in [1.82, 2.24) is 0 Å². The zero-order valence-electron chi connectivity index (χ0n) is 11.7. The third-order valence-corrected chi connectivity index (χ3v) is 4.94. The monoisotopic (exact) mass is 318 g/mol. The van der Waals surface area contributed by atoms with Crippen molar-refractivity contribution < 1.29 is 34.9 Å². The molecule has 0 radical (unpaired) electrons. The quantitative estimate of drug-likeness (QED) is 0.399. The Morgan fingerprint density at radius 2 is 1.26 bits per heavy atom. The molecule has 1 unspecified atom stereocenters. The molecule has 0 spiro atoms. The predicted molar refractivity (Wildman–Crippen MR) is 67.7 cm³/mol. The number of rotatable bonds is 8. The van der Waals surface area contributed by atoms with Crippen LogP contribution in [0.2, 0.25) is 0 Å². The van der Waals surface area contributed by atoms with Crippen LogP contribution in [-0.2, 0) is 20.2 Å². The minimum absolute atomic E-state index is 0.00752. The molecule has 0 aromatic rings. The summed E-state index contributed by atoms with van der Waals surface area (Å²) in [5, 5.41) is 0.